The van der Waals surface area contributed by atoms with Crippen LogP contribution in [0.25, 0.3) is 0 Å². The molecule has 0 aliphatic heterocycles. The molecule has 0 spiro atoms. The summed E-state index contributed by atoms with van der Waals surface area (Å²) in [4.78, 5) is 11.0. The van der Waals surface area contributed by atoms with Crippen LogP contribution in [0.2, 0.25) is 0 Å². The van der Waals surface area contributed by atoms with Gasteiger partial charge in [-0.1, -0.05) is 63.5 Å². The van der Waals surface area contributed by atoms with Gasteiger partial charge in [-0.3, -0.25) is 4.52 Å². The van der Waals surface area contributed by atoms with Crippen molar-refractivity contribution in [1.29, 1.82) is 0 Å². The molecule has 0 aromatic heterocycles. The quantitative estimate of drug-likeness (QED) is 0.255. The van der Waals surface area contributed by atoms with E-state index in [1.165, 1.54) is 16.0 Å². The Balaban J connectivity index is 2.19. The summed E-state index contributed by atoms with van der Waals surface area (Å²) < 4.78 is 17.0. The Morgan fingerprint density at radius 1 is 1.19 bits per heavy atom. The Kier molecular flexibility index (Phi) is 13.1. The van der Waals surface area contributed by atoms with Crippen LogP contribution in [-0.2, 0) is 21.3 Å². The molecular weight excluding hydrogens is 377 g/mol. The van der Waals surface area contributed by atoms with Gasteiger partial charge in [-0.2, -0.15) is 0 Å². The third-order valence-corrected chi connectivity index (χ3v) is 6.58. The Morgan fingerprint density at radius 2 is 1.93 bits per heavy atom. The number of nitrogens with one attached hydrogen (secondary N) is 1. The van der Waals surface area contributed by atoms with Gasteiger partial charge >= 0.3 is 7.75 Å². The molecule has 0 aliphatic rings. The summed E-state index contributed by atoms with van der Waals surface area (Å²) >= 11 is 1.85. The van der Waals surface area contributed by atoms with E-state index >= 15 is 0 Å². The third-order valence-electron chi connectivity index (χ3n) is 4.34. The van der Waals surface area contributed by atoms with Crippen LogP contribution in [-0.4, -0.2) is 18.0 Å². The van der Waals surface area contributed by atoms with Crippen molar-refractivity contribution in [3.8, 4) is 0 Å². The first kappa shape index (κ1) is 24.5. The molecule has 0 amide bonds. The van der Waals surface area contributed by atoms with Gasteiger partial charge in [0, 0.05) is 12.3 Å². The van der Waals surface area contributed by atoms with E-state index in [0.717, 1.165) is 50.7 Å². The molecule has 0 fully saturated rings. The molecule has 154 valence electrons. The number of allylic oxidation sites excluding steroid dienone is 2. The van der Waals surface area contributed by atoms with Crippen molar-refractivity contribution in [1.82, 2.24) is 5.09 Å². The highest BCUT2D eigenvalue weighted by molar-refractivity contribution is 8.02. The lowest BCUT2D eigenvalue weighted by atomic mass is 10.1. The van der Waals surface area contributed by atoms with Gasteiger partial charge in [0.1, 0.15) is 0 Å². The van der Waals surface area contributed by atoms with Gasteiger partial charge in [-0.05, 0) is 48.6 Å². The summed E-state index contributed by atoms with van der Waals surface area (Å²) in [6.07, 6.45) is 9.12. The SMILES string of the molecule is CCCCCCOP(=O)(O)NCCCC=C(C)SCc1ccccc1CC. The monoisotopic (exact) mass is 413 g/mol. The van der Waals surface area contributed by atoms with Gasteiger partial charge in [0.05, 0.1) is 6.61 Å². The fourth-order valence-electron chi connectivity index (χ4n) is 2.68. The second kappa shape index (κ2) is 14.4. The molecule has 0 aliphatic carbocycles. The zero-order valence-corrected chi connectivity index (χ0v) is 18.8. The van der Waals surface area contributed by atoms with Crippen molar-refractivity contribution < 1.29 is 14.0 Å². The molecule has 1 aromatic rings. The number of hydrogen-bond acceptors (Lipinski definition) is 3. The van der Waals surface area contributed by atoms with Crippen LogP contribution < -0.4 is 5.09 Å². The summed E-state index contributed by atoms with van der Waals surface area (Å²) in [5.41, 5.74) is 2.81. The van der Waals surface area contributed by atoms with Crippen LogP contribution in [0.5, 0.6) is 0 Å². The minimum Gasteiger partial charge on any atom is -0.312 e. The molecule has 1 rings (SSSR count). The van der Waals surface area contributed by atoms with E-state index in [-0.39, 0.29) is 0 Å². The van der Waals surface area contributed by atoms with Crippen LogP contribution >= 0.6 is 19.5 Å². The molecule has 6 heteroatoms. The van der Waals surface area contributed by atoms with Crippen molar-refractivity contribution in [3.63, 3.8) is 0 Å². The Morgan fingerprint density at radius 3 is 2.63 bits per heavy atom. The first-order valence-corrected chi connectivity index (χ1v) is 12.6. The summed E-state index contributed by atoms with van der Waals surface area (Å²) in [7, 11) is -3.64. The van der Waals surface area contributed by atoms with Gasteiger partial charge in [0.15, 0.2) is 0 Å². The standard InChI is InChI=1S/C21H36NO3PS/c1-4-6-7-12-17-25-26(23,24)22-16-11-10-13-19(3)27-18-21-15-9-8-14-20(21)5-2/h8-9,13-15H,4-7,10-12,16-18H2,1-3H3,(H2,22,23,24). The molecule has 0 bridgehead atoms. The summed E-state index contributed by atoms with van der Waals surface area (Å²) in [6.45, 7) is 7.28. The zero-order valence-electron chi connectivity index (χ0n) is 17.1. The maximum Gasteiger partial charge on any atom is 0.402 e. The van der Waals surface area contributed by atoms with Crippen molar-refractivity contribution >= 4 is 19.5 Å². The van der Waals surface area contributed by atoms with Gasteiger partial charge in [-0.15, -0.1) is 11.8 Å². The lowest BCUT2D eigenvalue weighted by Crippen LogP contribution is -2.14. The number of unbranched alkanes of at least 4 members (excludes halogenated alkanes) is 4. The summed E-state index contributed by atoms with van der Waals surface area (Å²) in [5.74, 6) is 0.988. The smallest absolute Gasteiger partial charge is 0.312 e. The minimum atomic E-state index is -3.64. The molecule has 0 saturated heterocycles. The fraction of sp³-hybridized carbons (Fsp3) is 0.619. The van der Waals surface area contributed by atoms with Crippen molar-refractivity contribution in [3.05, 3.63) is 46.4 Å². The van der Waals surface area contributed by atoms with E-state index in [9.17, 15) is 9.46 Å². The predicted molar refractivity (Wildman–Crippen MR) is 118 cm³/mol. The van der Waals surface area contributed by atoms with Crippen molar-refractivity contribution in [2.45, 2.75) is 71.5 Å². The van der Waals surface area contributed by atoms with Crippen molar-refractivity contribution in [2.24, 2.45) is 0 Å². The van der Waals surface area contributed by atoms with Crippen LogP contribution in [0.4, 0.5) is 0 Å². The Labute approximate surface area is 169 Å². The second-order valence-corrected chi connectivity index (χ2v) is 9.53. The third kappa shape index (κ3) is 11.8. The molecule has 0 saturated carbocycles. The highest BCUT2D eigenvalue weighted by atomic mass is 32.2. The molecular formula is C21H36NO3PS. The maximum absolute atomic E-state index is 11.9. The zero-order chi connectivity index (χ0) is 20.0. The normalized spacial score (nSPS) is 14.3. The molecule has 0 heterocycles. The Bertz CT molecular complexity index is 607. The molecule has 4 nitrogen and oxygen atoms in total. The summed E-state index contributed by atoms with van der Waals surface area (Å²) in [5, 5.41) is 2.65. The molecule has 0 radical (unpaired) electrons. The van der Waals surface area contributed by atoms with E-state index in [1.54, 1.807) is 0 Å². The average Bonchev–Trinajstić information content (AvgIpc) is 2.66. The van der Waals surface area contributed by atoms with E-state index in [4.69, 9.17) is 4.52 Å². The predicted octanol–water partition coefficient (Wildman–Crippen LogP) is 6.45. The lowest BCUT2D eigenvalue weighted by Gasteiger charge is -2.13. The first-order chi connectivity index (χ1) is 13.0. The number of rotatable bonds is 15. The van der Waals surface area contributed by atoms with E-state index in [1.807, 2.05) is 11.8 Å². The van der Waals surface area contributed by atoms with E-state index < -0.39 is 7.75 Å². The van der Waals surface area contributed by atoms with Crippen LogP contribution in [0, 0.1) is 0 Å². The van der Waals surface area contributed by atoms with Gasteiger partial charge in [0.2, 0.25) is 0 Å². The van der Waals surface area contributed by atoms with Gasteiger partial charge < -0.3 is 4.89 Å². The minimum absolute atomic E-state index is 0.343. The summed E-state index contributed by atoms with van der Waals surface area (Å²) in [6, 6.07) is 8.58. The number of hydrogen-bond donors (Lipinski definition) is 2. The largest absolute Gasteiger partial charge is 0.402 e. The Hall–Kier alpha value is -0.580. The van der Waals surface area contributed by atoms with Gasteiger partial charge in [0.25, 0.3) is 0 Å². The lowest BCUT2D eigenvalue weighted by molar-refractivity contribution is 0.243. The molecule has 1 aromatic carbocycles. The van der Waals surface area contributed by atoms with Crippen LogP contribution in [0.1, 0.15) is 70.4 Å². The number of benzene rings is 1. The van der Waals surface area contributed by atoms with Crippen LogP contribution in [0.15, 0.2) is 35.2 Å². The second-order valence-electron chi connectivity index (χ2n) is 6.69. The molecule has 1 unspecified atom stereocenters. The van der Waals surface area contributed by atoms with Gasteiger partial charge in [-0.25, -0.2) is 9.65 Å². The first-order valence-electron chi connectivity index (χ1n) is 10.1. The van der Waals surface area contributed by atoms with E-state index in [2.05, 4.69) is 56.2 Å². The highest BCUT2D eigenvalue weighted by Gasteiger charge is 2.17. The van der Waals surface area contributed by atoms with E-state index in [0.29, 0.717) is 13.2 Å². The molecule has 2 N–H and O–H groups in total. The number of aryl methyl sites for hydroxylation is 1. The molecule has 27 heavy (non-hydrogen) atoms. The fourth-order valence-corrected chi connectivity index (χ4v) is 4.49. The average molecular weight is 414 g/mol. The topological polar surface area (TPSA) is 58.6 Å². The molecule has 1 atom stereocenters. The maximum atomic E-state index is 11.9. The number of thioether (sulfide) groups is 1. The highest BCUT2D eigenvalue weighted by Crippen LogP contribution is 2.36. The van der Waals surface area contributed by atoms with Crippen molar-refractivity contribution in [2.75, 3.05) is 13.2 Å². The van der Waals surface area contributed by atoms with Crippen LogP contribution in [0.3, 0.4) is 0 Å².